The molecule has 3 aromatic carbocycles. The van der Waals surface area contributed by atoms with Crippen LogP contribution in [-0.4, -0.2) is 14.2 Å². The zero-order chi connectivity index (χ0) is 19.5. The molecule has 2 nitrogen and oxygen atoms in total. The molecule has 0 aromatic heterocycles. The summed E-state index contributed by atoms with van der Waals surface area (Å²) in [5.74, 6) is -0.00973. The summed E-state index contributed by atoms with van der Waals surface area (Å²) in [5.41, 5.74) is 2.16. The maximum atomic E-state index is 13.1. The van der Waals surface area contributed by atoms with Crippen molar-refractivity contribution in [2.45, 2.75) is 28.4 Å². The van der Waals surface area contributed by atoms with E-state index in [1.54, 1.807) is 36.0 Å². The summed E-state index contributed by atoms with van der Waals surface area (Å²) in [6.07, 6.45) is 0. The fourth-order valence-electron chi connectivity index (χ4n) is 2.92. The molecule has 1 atom stereocenters. The van der Waals surface area contributed by atoms with E-state index >= 15 is 0 Å². The molecule has 0 spiro atoms. The highest BCUT2D eigenvalue weighted by Gasteiger charge is 2.34. The Balaban J connectivity index is 1.99. The van der Waals surface area contributed by atoms with E-state index in [1.807, 2.05) is 68.4 Å². The van der Waals surface area contributed by atoms with Crippen molar-refractivity contribution >= 4 is 33.2 Å². The van der Waals surface area contributed by atoms with E-state index in [4.69, 9.17) is 11.6 Å². The molecule has 0 N–H and O–H groups in total. The quantitative estimate of drug-likeness (QED) is 0.453. The lowest BCUT2D eigenvalue weighted by Gasteiger charge is -2.29. The molecule has 0 aliphatic carbocycles. The van der Waals surface area contributed by atoms with Gasteiger partial charge in [-0.15, -0.1) is 11.8 Å². The summed E-state index contributed by atoms with van der Waals surface area (Å²) < 4.78 is 25.6. The first-order chi connectivity index (χ1) is 12.8. The van der Waals surface area contributed by atoms with Crippen LogP contribution in [0.15, 0.2) is 88.7 Å². The third-order valence-electron chi connectivity index (χ3n) is 4.39. The van der Waals surface area contributed by atoms with Crippen LogP contribution in [0.3, 0.4) is 0 Å². The van der Waals surface area contributed by atoms with E-state index in [0.29, 0.717) is 9.92 Å². The number of sulfone groups is 1. The molecule has 0 aliphatic rings. The zero-order valence-corrected chi connectivity index (χ0v) is 17.6. The number of halogens is 1. The minimum absolute atomic E-state index is 0.00973. The predicted molar refractivity (Wildman–Crippen MR) is 114 cm³/mol. The Hall–Kier alpha value is -1.75. The lowest BCUT2D eigenvalue weighted by molar-refractivity contribution is 0.586. The van der Waals surface area contributed by atoms with Crippen LogP contribution in [0.1, 0.15) is 18.1 Å². The van der Waals surface area contributed by atoms with Gasteiger partial charge in [0.1, 0.15) is 0 Å². The van der Waals surface area contributed by atoms with Gasteiger partial charge in [0, 0.05) is 9.92 Å². The summed E-state index contributed by atoms with van der Waals surface area (Å²) in [5, 5.41) is 0.522. The van der Waals surface area contributed by atoms with Crippen molar-refractivity contribution in [1.82, 2.24) is 0 Å². The molecule has 0 fully saturated rings. The average Bonchev–Trinajstić information content (AvgIpc) is 2.64. The smallest absolute Gasteiger partial charge is 0.180 e. The summed E-state index contributed by atoms with van der Waals surface area (Å²) in [4.78, 5) is 1.33. The second-order valence-electron chi connectivity index (χ2n) is 6.72. The molecular formula is C22H21ClO2S2. The first kappa shape index (κ1) is 20.0. The Bertz CT molecular complexity index is 998. The molecule has 140 valence electrons. The van der Waals surface area contributed by atoms with Gasteiger partial charge in [0.25, 0.3) is 0 Å². The van der Waals surface area contributed by atoms with Gasteiger partial charge in [-0.2, -0.15) is 0 Å². The molecule has 0 heterocycles. The van der Waals surface area contributed by atoms with Gasteiger partial charge in [-0.05, 0) is 55.8 Å². The third kappa shape index (κ3) is 4.95. The molecule has 0 bridgehead atoms. The SMILES string of the molecule is Cc1ccc(S[C@](C)(CS(=O)(=O)c2ccc(Cl)cc2)c2ccccc2)cc1. The van der Waals surface area contributed by atoms with Crippen LogP contribution in [0.5, 0.6) is 0 Å². The Kier molecular flexibility index (Phi) is 5.99. The Morgan fingerprint density at radius 3 is 2.07 bits per heavy atom. The first-order valence-corrected chi connectivity index (χ1v) is 11.4. The molecule has 0 unspecified atom stereocenters. The van der Waals surface area contributed by atoms with E-state index in [1.165, 1.54) is 5.56 Å². The van der Waals surface area contributed by atoms with Crippen LogP contribution in [0.2, 0.25) is 5.02 Å². The molecule has 27 heavy (non-hydrogen) atoms. The molecule has 3 rings (SSSR count). The van der Waals surface area contributed by atoms with Crippen LogP contribution in [0.25, 0.3) is 0 Å². The normalized spacial score (nSPS) is 13.9. The number of benzene rings is 3. The topological polar surface area (TPSA) is 34.1 Å². The van der Waals surface area contributed by atoms with Crippen molar-refractivity contribution < 1.29 is 8.42 Å². The van der Waals surface area contributed by atoms with Gasteiger partial charge in [-0.3, -0.25) is 0 Å². The van der Waals surface area contributed by atoms with Gasteiger partial charge in [-0.1, -0.05) is 59.6 Å². The van der Waals surface area contributed by atoms with Gasteiger partial charge in [0.15, 0.2) is 9.84 Å². The van der Waals surface area contributed by atoms with Crippen molar-refractivity contribution in [2.24, 2.45) is 0 Å². The van der Waals surface area contributed by atoms with Crippen molar-refractivity contribution in [3.8, 4) is 0 Å². The van der Waals surface area contributed by atoms with Crippen LogP contribution in [0, 0.1) is 6.92 Å². The summed E-state index contributed by atoms with van der Waals surface area (Å²) in [6.45, 7) is 4.02. The Morgan fingerprint density at radius 1 is 0.889 bits per heavy atom. The molecular weight excluding hydrogens is 396 g/mol. The van der Waals surface area contributed by atoms with E-state index < -0.39 is 14.6 Å². The van der Waals surface area contributed by atoms with Crippen molar-refractivity contribution in [3.63, 3.8) is 0 Å². The Morgan fingerprint density at radius 2 is 1.48 bits per heavy atom. The fourth-order valence-corrected chi connectivity index (χ4v) is 6.40. The predicted octanol–water partition coefficient (Wildman–Crippen LogP) is 6.13. The van der Waals surface area contributed by atoms with Gasteiger partial charge in [0.05, 0.1) is 15.4 Å². The first-order valence-electron chi connectivity index (χ1n) is 8.58. The van der Waals surface area contributed by atoms with E-state index in [2.05, 4.69) is 0 Å². The second-order valence-corrected chi connectivity index (χ2v) is 10.7. The number of hydrogen-bond donors (Lipinski definition) is 0. The van der Waals surface area contributed by atoms with Crippen LogP contribution in [-0.2, 0) is 14.6 Å². The molecule has 0 saturated carbocycles. The van der Waals surface area contributed by atoms with Crippen molar-refractivity contribution in [3.05, 3.63) is 95.0 Å². The van der Waals surface area contributed by atoms with E-state index in [9.17, 15) is 8.42 Å². The molecule has 0 aliphatic heterocycles. The maximum absolute atomic E-state index is 13.1. The van der Waals surface area contributed by atoms with E-state index in [-0.39, 0.29) is 5.75 Å². The number of rotatable bonds is 6. The van der Waals surface area contributed by atoms with Crippen LogP contribution in [0.4, 0.5) is 0 Å². The summed E-state index contributed by atoms with van der Waals surface area (Å²) in [7, 11) is -3.49. The summed E-state index contributed by atoms with van der Waals surface area (Å²) >= 11 is 7.48. The molecule has 5 heteroatoms. The van der Waals surface area contributed by atoms with Gasteiger partial charge >= 0.3 is 0 Å². The number of hydrogen-bond acceptors (Lipinski definition) is 3. The highest BCUT2D eigenvalue weighted by molar-refractivity contribution is 8.01. The Labute approximate surface area is 170 Å². The fraction of sp³-hybridized carbons (Fsp3) is 0.182. The van der Waals surface area contributed by atoms with Crippen molar-refractivity contribution in [1.29, 1.82) is 0 Å². The van der Waals surface area contributed by atoms with E-state index in [0.717, 1.165) is 10.5 Å². The van der Waals surface area contributed by atoms with Crippen LogP contribution < -0.4 is 0 Å². The standard InChI is InChI=1S/C22H21ClO2S2/c1-17-8-12-20(13-9-17)26-22(2,18-6-4-3-5-7-18)16-27(24,25)21-14-10-19(23)11-15-21/h3-15H,16H2,1-2H3/t22-/m1/s1. The maximum Gasteiger partial charge on any atom is 0.180 e. The molecule has 0 radical (unpaired) electrons. The minimum atomic E-state index is -3.49. The largest absolute Gasteiger partial charge is 0.224 e. The lowest BCUT2D eigenvalue weighted by Crippen LogP contribution is -2.28. The molecule has 0 saturated heterocycles. The highest BCUT2D eigenvalue weighted by atomic mass is 35.5. The highest BCUT2D eigenvalue weighted by Crippen LogP contribution is 2.43. The average molecular weight is 417 g/mol. The van der Waals surface area contributed by atoms with Crippen LogP contribution >= 0.6 is 23.4 Å². The van der Waals surface area contributed by atoms with Gasteiger partial charge < -0.3 is 0 Å². The minimum Gasteiger partial charge on any atom is -0.224 e. The monoisotopic (exact) mass is 416 g/mol. The lowest BCUT2D eigenvalue weighted by atomic mass is 10.0. The molecule has 0 amide bonds. The number of aryl methyl sites for hydroxylation is 1. The van der Waals surface area contributed by atoms with Gasteiger partial charge in [-0.25, -0.2) is 8.42 Å². The molecule has 3 aromatic rings. The number of thioether (sulfide) groups is 1. The van der Waals surface area contributed by atoms with Crippen molar-refractivity contribution in [2.75, 3.05) is 5.75 Å². The van der Waals surface area contributed by atoms with Gasteiger partial charge in [0.2, 0.25) is 0 Å². The third-order valence-corrected chi connectivity index (χ3v) is 8.11. The zero-order valence-electron chi connectivity index (χ0n) is 15.2. The second kappa shape index (κ2) is 8.09. The summed E-state index contributed by atoms with van der Waals surface area (Å²) in [6, 6.07) is 24.3.